The number of hydrogen-bond donors (Lipinski definition) is 1. The standard InChI is InChI=1S/C28H31N3O5S/c1-21-10-11-26-25(16-21)31(37(33,34)24-8-3-2-4-9-24)20-27(36-26)28(32)29-18-22-6-5-7-23(17-22)19-30-12-14-35-15-13-30/h2-11,16-17,27H,12-15,18-20H2,1H3,(H,29,32)/t27-/m0/s1. The normalized spacial score (nSPS) is 18.1. The van der Waals surface area contributed by atoms with Crippen LogP contribution in [0.4, 0.5) is 5.69 Å². The Bertz CT molecular complexity index is 1360. The Morgan fingerprint density at radius 1 is 0.973 bits per heavy atom. The lowest BCUT2D eigenvalue weighted by molar-refractivity contribution is -0.127. The van der Waals surface area contributed by atoms with Crippen molar-refractivity contribution in [2.24, 2.45) is 0 Å². The molecule has 1 saturated heterocycles. The van der Waals surface area contributed by atoms with Crippen LogP contribution >= 0.6 is 0 Å². The van der Waals surface area contributed by atoms with Gasteiger partial charge in [0.15, 0.2) is 6.10 Å². The van der Waals surface area contributed by atoms with Crippen molar-refractivity contribution in [3.8, 4) is 5.75 Å². The molecule has 0 radical (unpaired) electrons. The van der Waals surface area contributed by atoms with Crippen LogP contribution in [0.15, 0.2) is 77.7 Å². The van der Waals surface area contributed by atoms with Gasteiger partial charge in [0.05, 0.1) is 30.3 Å². The summed E-state index contributed by atoms with van der Waals surface area (Å²) in [5, 5.41) is 2.93. The van der Waals surface area contributed by atoms with Crippen molar-refractivity contribution in [1.29, 1.82) is 0 Å². The van der Waals surface area contributed by atoms with Gasteiger partial charge in [-0.2, -0.15) is 0 Å². The van der Waals surface area contributed by atoms with E-state index in [2.05, 4.69) is 22.3 Å². The molecule has 1 amide bonds. The molecule has 0 aliphatic carbocycles. The van der Waals surface area contributed by atoms with Gasteiger partial charge in [-0.25, -0.2) is 8.42 Å². The molecular weight excluding hydrogens is 490 g/mol. The molecule has 2 aliphatic rings. The summed E-state index contributed by atoms with van der Waals surface area (Å²) in [4.78, 5) is 15.7. The molecule has 0 saturated carbocycles. The number of sulfonamides is 1. The molecule has 5 rings (SSSR count). The minimum atomic E-state index is -3.89. The number of hydrogen-bond acceptors (Lipinski definition) is 6. The monoisotopic (exact) mass is 521 g/mol. The Labute approximate surface area is 217 Å². The highest BCUT2D eigenvalue weighted by molar-refractivity contribution is 7.92. The number of nitrogens with one attached hydrogen (secondary N) is 1. The first-order valence-electron chi connectivity index (χ1n) is 12.4. The van der Waals surface area contributed by atoms with Crippen molar-refractivity contribution in [1.82, 2.24) is 10.2 Å². The Balaban J connectivity index is 1.30. The number of benzene rings is 3. The SMILES string of the molecule is Cc1ccc2c(c1)N(S(=O)(=O)c1ccccc1)C[C@@H](C(=O)NCc1cccc(CN3CCOCC3)c1)O2. The number of ether oxygens (including phenoxy) is 2. The Morgan fingerprint density at radius 2 is 1.73 bits per heavy atom. The van der Waals surface area contributed by atoms with Crippen LogP contribution in [0.5, 0.6) is 5.75 Å². The molecule has 0 aromatic heterocycles. The van der Waals surface area contributed by atoms with Crippen molar-refractivity contribution in [3.63, 3.8) is 0 Å². The molecule has 1 N–H and O–H groups in total. The van der Waals surface area contributed by atoms with Crippen LogP contribution in [-0.4, -0.2) is 58.2 Å². The van der Waals surface area contributed by atoms with Crippen LogP contribution in [-0.2, 0) is 32.6 Å². The number of rotatable bonds is 7. The van der Waals surface area contributed by atoms with Crippen LogP contribution in [0.3, 0.4) is 0 Å². The summed E-state index contributed by atoms with van der Waals surface area (Å²) in [7, 11) is -3.89. The molecule has 8 nitrogen and oxygen atoms in total. The van der Waals surface area contributed by atoms with Crippen molar-refractivity contribution in [3.05, 3.63) is 89.5 Å². The molecule has 2 heterocycles. The summed E-state index contributed by atoms with van der Waals surface area (Å²) < 4.78 is 39.8. The van der Waals surface area contributed by atoms with Gasteiger partial charge in [-0.05, 0) is 47.9 Å². The fourth-order valence-corrected chi connectivity index (χ4v) is 6.09. The smallest absolute Gasteiger partial charge is 0.264 e. The molecule has 37 heavy (non-hydrogen) atoms. The first kappa shape index (κ1) is 25.3. The number of carbonyl (C=O) groups is 1. The zero-order valence-electron chi connectivity index (χ0n) is 20.8. The molecule has 0 bridgehead atoms. The van der Waals surface area contributed by atoms with Crippen molar-refractivity contribution >= 4 is 21.6 Å². The van der Waals surface area contributed by atoms with E-state index in [1.807, 2.05) is 25.1 Å². The summed E-state index contributed by atoms with van der Waals surface area (Å²) in [5.74, 6) is 0.00193. The molecule has 2 aliphatic heterocycles. The lowest BCUT2D eigenvalue weighted by Gasteiger charge is -2.35. The summed E-state index contributed by atoms with van der Waals surface area (Å²) in [6, 6.07) is 21.7. The topological polar surface area (TPSA) is 88.2 Å². The fraction of sp³-hybridized carbons (Fsp3) is 0.321. The number of anilines is 1. The molecule has 194 valence electrons. The highest BCUT2D eigenvalue weighted by Crippen LogP contribution is 2.37. The second kappa shape index (κ2) is 10.9. The van der Waals surface area contributed by atoms with Crippen molar-refractivity contribution in [2.75, 3.05) is 37.2 Å². The van der Waals surface area contributed by atoms with Gasteiger partial charge in [0.25, 0.3) is 15.9 Å². The molecule has 3 aromatic rings. The largest absolute Gasteiger partial charge is 0.476 e. The van der Waals surface area contributed by atoms with Crippen LogP contribution < -0.4 is 14.4 Å². The minimum Gasteiger partial charge on any atom is -0.476 e. The van der Waals surface area contributed by atoms with E-state index in [0.29, 0.717) is 18.0 Å². The third-order valence-corrected chi connectivity index (χ3v) is 8.37. The minimum absolute atomic E-state index is 0.114. The summed E-state index contributed by atoms with van der Waals surface area (Å²) in [5.41, 5.74) is 3.48. The van der Waals surface area contributed by atoms with Gasteiger partial charge in [-0.1, -0.05) is 48.5 Å². The van der Waals surface area contributed by atoms with Crippen molar-refractivity contribution < 1.29 is 22.7 Å². The molecule has 1 atom stereocenters. The summed E-state index contributed by atoms with van der Waals surface area (Å²) in [6.45, 7) is 6.23. The predicted octanol–water partition coefficient (Wildman–Crippen LogP) is 3.10. The third-order valence-electron chi connectivity index (χ3n) is 6.58. The third kappa shape index (κ3) is 5.79. The lowest BCUT2D eigenvalue weighted by Crippen LogP contribution is -2.50. The van der Waals surface area contributed by atoms with E-state index < -0.39 is 16.1 Å². The maximum atomic E-state index is 13.5. The van der Waals surface area contributed by atoms with E-state index in [9.17, 15) is 13.2 Å². The molecule has 3 aromatic carbocycles. The second-order valence-corrected chi connectivity index (χ2v) is 11.2. The average molecular weight is 522 g/mol. The Kier molecular flexibility index (Phi) is 7.45. The zero-order chi connectivity index (χ0) is 25.8. The average Bonchev–Trinajstić information content (AvgIpc) is 2.92. The van der Waals surface area contributed by atoms with Gasteiger partial charge in [0.1, 0.15) is 5.75 Å². The Hall–Kier alpha value is -3.40. The van der Waals surface area contributed by atoms with Gasteiger partial charge in [0.2, 0.25) is 0 Å². The zero-order valence-corrected chi connectivity index (χ0v) is 21.6. The molecule has 9 heteroatoms. The molecular formula is C28H31N3O5S. The fourth-order valence-electron chi connectivity index (χ4n) is 4.60. The van der Waals surface area contributed by atoms with Crippen LogP contribution in [0.2, 0.25) is 0 Å². The van der Waals surface area contributed by atoms with Gasteiger partial charge < -0.3 is 14.8 Å². The number of aryl methyl sites for hydroxylation is 1. The van der Waals surface area contributed by atoms with Crippen molar-refractivity contribution in [2.45, 2.75) is 31.0 Å². The van der Waals surface area contributed by atoms with E-state index >= 15 is 0 Å². The van der Waals surface area contributed by atoms with Gasteiger partial charge in [-0.3, -0.25) is 14.0 Å². The van der Waals surface area contributed by atoms with Crippen LogP contribution in [0.25, 0.3) is 0 Å². The molecule has 0 unspecified atom stereocenters. The Morgan fingerprint density at radius 3 is 2.51 bits per heavy atom. The quantitative estimate of drug-likeness (QED) is 0.514. The molecule has 1 fully saturated rings. The van der Waals surface area contributed by atoms with E-state index in [-0.39, 0.29) is 17.3 Å². The lowest BCUT2D eigenvalue weighted by atomic mass is 10.1. The summed E-state index contributed by atoms with van der Waals surface area (Å²) >= 11 is 0. The predicted molar refractivity (Wildman–Crippen MR) is 141 cm³/mol. The number of morpholine rings is 1. The van der Waals surface area contributed by atoms with Gasteiger partial charge >= 0.3 is 0 Å². The first-order chi connectivity index (χ1) is 17.9. The first-order valence-corrected chi connectivity index (χ1v) is 13.8. The number of nitrogens with zero attached hydrogens (tertiary/aromatic N) is 2. The highest BCUT2D eigenvalue weighted by atomic mass is 32.2. The van der Waals surface area contributed by atoms with Crippen LogP contribution in [0.1, 0.15) is 16.7 Å². The number of carbonyl (C=O) groups excluding carboxylic acids is 1. The van der Waals surface area contributed by atoms with E-state index in [0.717, 1.165) is 44.0 Å². The number of amides is 1. The summed E-state index contributed by atoms with van der Waals surface area (Å²) in [6.07, 6.45) is -0.981. The molecule has 0 spiro atoms. The second-order valence-electron chi connectivity index (χ2n) is 9.35. The van der Waals surface area contributed by atoms with E-state index in [1.54, 1.807) is 42.5 Å². The van der Waals surface area contributed by atoms with Gasteiger partial charge in [-0.15, -0.1) is 0 Å². The highest BCUT2D eigenvalue weighted by Gasteiger charge is 2.37. The van der Waals surface area contributed by atoms with Gasteiger partial charge in [0, 0.05) is 26.2 Å². The van der Waals surface area contributed by atoms with E-state index in [4.69, 9.17) is 9.47 Å². The van der Waals surface area contributed by atoms with E-state index in [1.165, 1.54) is 9.87 Å². The maximum Gasteiger partial charge on any atom is 0.264 e. The maximum absolute atomic E-state index is 13.5. The van der Waals surface area contributed by atoms with Crippen LogP contribution in [0, 0.1) is 6.92 Å². The number of fused-ring (bicyclic) bond motifs is 1.